The van der Waals surface area contributed by atoms with E-state index in [1.165, 1.54) is 44.9 Å². The maximum atomic E-state index is 2.38. The average molecular weight is 400 g/mol. The molecule has 0 bridgehead atoms. The first kappa shape index (κ1) is 20.3. The highest BCUT2D eigenvalue weighted by molar-refractivity contribution is 5.85. The van der Waals surface area contributed by atoms with Crippen LogP contribution in [0, 0.1) is 0 Å². The van der Waals surface area contributed by atoms with E-state index in [1.54, 1.807) is 0 Å². The highest BCUT2D eigenvalue weighted by Crippen LogP contribution is 2.50. The Kier molecular flexibility index (Phi) is 5.46. The molecule has 30 heavy (non-hydrogen) atoms. The second-order valence-electron chi connectivity index (χ2n) is 8.49. The van der Waals surface area contributed by atoms with Crippen LogP contribution < -0.4 is 14.7 Å². The second kappa shape index (κ2) is 8.06. The van der Waals surface area contributed by atoms with Crippen LogP contribution >= 0.6 is 0 Å². The largest absolute Gasteiger partial charge is 0.378 e. The number of hydrogen-bond donors (Lipinski definition) is 0. The summed E-state index contributed by atoms with van der Waals surface area (Å²) in [6.45, 7) is 6.40. The van der Waals surface area contributed by atoms with Crippen molar-refractivity contribution in [3.63, 3.8) is 0 Å². The van der Waals surface area contributed by atoms with Gasteiger partial charge in [0.1, 0.15) is 0 Å². The van der Waals surface area contributed by atoms with Gasteiger partial charge >= 0.3 is 0 Å². The topological polar surface area (TPSA) is 9.72 Å². The fourth-order valence-corrected chi connectivity index (χ4v) is 4.39. The van der Waals surface area contributed by atoms with Crippen LogP contribution in [0.15, 0.2) is 60.7 Å². The summed E-state index contributed by atoms with van der Waals surface area (Å²) in [4.78, 5) is 6.77. The molecule has 0 aliphatic heterocycles. The molecular formula is C27H33N3. The quantitative estimate of drug-likeness (QED) is 0.404. The van der Waals surface area contributed by atoms with Gasteiger partial charge in [0.15, 0.2) is 0 Å². The molecule has 0 radical (unpaired) electrons. The molecule has 0 amide bonds. The molecule has 3 aromatic rings. The molecule has 0 fully saturated rings. The van der Waals surface area contributed by atoms with Crippen LogP contribution in [0.5, 0.6) is 0 Å². The van der Waals surface area contributed by atoms with Crippen molar-refractivity contribution in [1.29, 1.82) is 0 Å². The number of fused-ring (bicyclic) bond motifs is 3. The van der Waals surface area contributed by atoms with E-state index in [2.05, 4.69) is 117 Å². The van der Waals surface area contributed by atoms with Gasteiger partial charge in [0.25, 0.3) is 0 Å². The number of benzene rings is 3. The van der Waals surface area contributed by atoms with Gasteiger partial charge in [0, 0.05) is 64.3 Å². The van der Waals surface area contributed by atoms with E-state index < -0.39 is 0 Å². The first-order chi connectivity index (χ1) is 14.4. The predicted octanol–water partition coefficient (Wildman–Crippen LogP) is 5.83. The molecule has 3 heteroatoms. The van der Waals surface area contributed by atoms with Crippen LogP contribution in [0.2, 0.25) is 0 Å². The Balaban J connectivity index is 1.87. The lowest BCUT2D eigenvalue weighted by molar-refractivity contribution is 0.962. The highest BCUT2D eigenvalue weighted by atomic mass is 15.1. The van der Waals surface area contributed by atoms with E-state index in [1.807, 2.05) is 0 Å². The number of anilines is 3. The normalized spacial score (nSPS) is 12.5. The Morgan fingerprint density at radius 2 is 1.03 bits per heavy atom. The lowest BCUT2D eigenvalue weighted by Crippen LogP contribution is -2.16. The van der Waals surface area contributed by atoms with Gasteiger partial charge in [-0.05, 0) is 78.1 Å². The van der Waals surface area contributed by atoms with Gasteiger partial charge in [0.2, 0.25) is 0 Å². The van der Waals surface area contributed by atoms with Crippen molar-refractivity contribution in [1.82, 2.24) is 0 Å². The minimum atomic E-state index is 0.285. The Hall–Kier alpha value is -2.94. The molecule has 1 aliphatic rings. The van der Waals surface area contributed by atoms with Gasteiger partial charge in [-0.15, -0.1) is 0 Å². The van der Waals surface area contributed by atoms with E-state index in [0.29, 0.717) is 0 Å². The summed E-state index contributed by atoms with van der Waals surface area (Å²) < 4.78 is 0. The van der Waals surface area contributed by atoms with Crippen molar-refractivity contribution < 1.29 is 0 Å². The molecule has 0 heterocycles. The van der Waals surface area contributed by atoms with E-state index in [9.17, 15) is 0 Å². The van der Waals surface area contributed by atoms with Crippen LogP contribution in [0.4, 0.5) is 17.1 Å². The van der Waals surface area contributed by atoms with Crippen LogP contribution in [-0.4, -0.2) is 41.3 Å². The molecule has 3 aromatic carbocycles. The van der Waals surface area contributed by atoms with Crippen molar-refractivity contribution in [2.45, 2.75) is 19.8 Å². The molecule has 0 saturated heterocycles. The van der Waals surface area contributed by atoms with Crippen molar-refractivity contribution in [2.24, 2.45) is 0 Å². The third-order valence-corrected chi connectivity index (χ3v) is 6.56. The van der Waals surface area contributed by atoms with Crippen molar-refractivity contribution in [3.8, 4) is 11.1 Å². The maximum Gasteiger partial charge on any atom is 0.0369 e. The fraction of sp³-hybridized carbons (Fsp3) is 0.333. The van der Waals surface area contributed by atoms with Gasteiger partial charge in [-0.2, -0.15) is 0 Å². The summed E-state index contributed by atoms with van der Waals surface area (Å²) in [6.07, 6.45) is 0. The summed E-state index contributed by atoms with van der Waals surface area (Å²) >= 11 is 0. The van der Waals surface area contributed by atoms with Gasteiger partial charge in [0.05, 0.1) is 0 Å². The zero-order valence-electron chi connectivity index (χ0n) is 19.1. The third kappa shape index (κ3) is 3.43. The summed E-state index contributed by atoms with van der Waals surface area (Å²) in [7, 11) is 8.51. The number of rotatable bonds is 6. The molecule has 0 N–H and O–H groups in total. The summed E-state index contributed by atoms with van der Waals surface area (Å²) in [5.41, 5.74) is 10.7. The lowest BCUT2D eigenvalue weighted by atomic mass is 9.89. The molecule has 3 nitrogen and oxygen atoms in total. The Bertz CT molecular complexity index is 977. The molecule has 156 valence electrons. The fourth-order valence-electron chi connectivity index (χ4n) is 4.39. The van der Waals surface area contributed by atoms with Crippen molar-refractivity contribution >= 4 is 17.1 Å². The predicted molar refractivity (Wildman–Crippen MR) is 131 cm³/mol. The molecule has 0 atom stereocenters. The Morgan fingerprint density at radius 1 is 0.600 bits per heavy atom. The van der Waals surface area contributed by atoms with Crippen LogP contribution in [0.25, 0.3) is 11.1 Å². The minimum Gasteiger partial charge on any atom is -0.378 e. The van der Waals surface area contributed by atoms with Gasteiger partial charge in [-0.3, -0.25) is 0 Å². The summed E-state index contributed by atoms with van der Waals surface area (Å²) in [6, 6.07) is 23.0. The molecule has 0 saturated carbocycles. The summed E-state index contributed by atoms with van der Waals surface area (Å²) in [5, 5.41) is 0. The van der Waals surface area contributed by atoms with Crippen molar-refractivity contribution in [2.75, 3.05) is 56.0 Å². The zero-order chi connectivity index (χ0) is 21.4. The lowest BCUT2D eigenvalue weighted by Gasteiger charge is -2.20. The van der Waals surface area contributed by atoms with Crippen LogP contribution in [0.3, 0.4) is 0 Å². The molecule has 0 spiro atoms. The molecule has 1 aliphatic carbocycles. The van der Waals surface area contributed by atoms with Gasteiger partial charge in [-0.1, -0.05) is 24.3 Å². The highest BCUT2D eigenvalue weighted by Gasteiger charge is 2.30. The van der Waals surface area contributed by atoms with Crippen LogP contribution in [-0.2, 0) is 0 Å². The smallest absolute Gasteiger partial charge is 0.0369 e. The van der Waals surface area contributed by atoms with E-state index in [-0.39, 0.29) is 5.92 Å². The third-order valence-electron chi connectivity index (χ3n) is 6.56. The monoisotopic (exact) mass is 399 g/mol. The Morgan fingerprint density at radius 3 is 1.43 bits per heavy atom. The van der Waals surface area contributed by atoms with E-state index >= 15 is 0 Å². The standard InChI is InChI=1S/C27H33N3/c1-7-29(5)21-13-15-23-25(17-21)26-18-22(30(6)8-2)14-16-24(26)27(23)19-9-11-20(12-10-19)28(3)4/h9-18,27H,7-8H2,1-6H3. The first-order valence-electron chi connectivity index (χ1n) is 10.9. The van der Waals surface area contributed by atoms with E-state index in [4.69, 9.17) is 0 Å². The molecular weight excluding hydrogens is 366 g/mol. The number of hydrogen-bond acceptors (Lipinski definition) is 3. The maximum absolute atomic E-state index is 2.38. The Labute approximate surface area is 181 Å². The molecule has 0 unspecified atom stereocenters. The second-order valence-corrected chi connectivity index (χ2v) is 8.49. The molecule has 4 rings (SSSR count). The van der Waals surface area contributed by atoms with Gasteiger partial charge in [-0.25, -0.2) is 0 Å². The van der Waals surface area contributed by atoms with Crippen molar-refractivity contribution in [3.05, 3.63) is 77.4 Å². The molecule has 0 aromatic heterocycles. The summed E-state index contributed by atoms with van der Waals surface area (Å²) in [5.74, 6) is 0.285. The zero-order valence-corrected chi connectivity index (χ0v) is 19.1. The van der Waals surface area contributed by atoms with Crippen LogP contribution in [0.1, 0.15) is 36.5 Å². The average Bonchev–Trinajstić information content (AvgIpc) is 3.10. The SMILES string of the molecule is CCN(C)c1ccc2c(c1)-c1cc(N(C)CC)ccc1C2c1ccc(N(C)C)cc1. The minimum absolute atomic E-state index is 0.285. The van der Waals surface area contributed by atoms with Gasteiger partial charge < -0.3 is 14.7 Å². The number of nitrogens with zero attached hydrogens (tertiary/aromatic N) is 3. The van der Waals surface area contributed by atoms with E-state index in [0.717, 1.165) is 13.1 Å². The first-order valence-corrected chi connectivity index (χ1v) is 10.9.